The Morgan fingerprint density at radius 1 is 1.50 bits per heavy atom. The number of nitrogens with zero attached hydrogens (tertiary/aromatic N) is 2. The summed E-state index contributed by atoms with van der Waals surface area (Å²) < 4.78 is 2.19. The van der Waals surface area contributed by atoms with Gasteiger partial charge in [-0.2, -0.15) is 5.10 Å². The Morgan fingerprint density at radius 2 is 2.29 bits per heavy atom. The number of aryl methyl sites for hydroxylation is 2. The van der Waals surface area contributed by atoms with Crippen LogP contribution in [0.25, 0.3) is 0 Å². The Labute approximate surface area is 85.5 Å². The Kier molecular flexibility index (Phi) is 2.59. The normalized spacial score (nSPS) is 27.9. The van der Waals surface area contributed by atoms with E-state index in [1.807, 2.05) is 0 Å². The van der Waals surface area contributed by atoms with Gasteiger partial charge >= 0.3 is 0 Å². The highest BCUT2D eigenvalue weighted by molar-refractivity contribution is 5.08. The van der Waals surface area contributed by atoms with Crippen LogP contribution in [0.15, 0.2) is 6.07 Å². The zero-order chi connectivity index (χ0) is 10.1. The first-order valence-electron chi connectivity index (χ1n) is 5.42. The van der Waals surface area contributed by atoms with Crippen LogP contribution in [0.4, 0.5) is 0 Å². The first kappa shape index (κ1) is 9.71. The molecule has 1 aliphatic heterocycles. The Hall–Kier alpha value is -0.830. The smallest absolute Gasteiger partial charge is 0.0672 e. The third kappa shape index (κ3) is 1.69. The van der Waals surface area contributed by atoms with Gasteiger partial charge in [0.1, 0.15) is 0 Å². The molecule has 2 atom stereocenters. The fourth-order valence-corrected chi connectivity index (χ4v) is 2.28. The molecule has 14 heavy (non-hydrogen) atoms. The van der Waals surface area contributed by atoms with Gasteiger partial charge in [0.2, 0.25) is 0 Å². The molecule has 1 fully saturated rings. The van der Waals surface area contributed by atoms with Gasteiger partial charge in [-0.3, -0.25) is 4.68 Å². The molecule has 1 N–H and O–H groups in total. The number of piperidine rings is 1. The van der Waals surface area contributed by atoms with E-state index in [-0.39, 0.29) is 0 Å². The van der Waals surface area contributed by atoms with E-state index in [2.05, 4.69) is 41.9 Å². The molecule has 3 heteroatoms. The van der Waals surface area contributed by atoms with Gasteiger partial charge < -0.3 is 5.32 Å². The quantitative estimate of drug-likeness (QED) is 0.735. The summed E-state index contributed by atoms with van der Waals surface area (Å²) in [4.78, 5) is 0. The van der Waals surface area contributed by atoms with Crippen molar-refractivity contribution in [1.82, 2.24) is 15.1 Å². The molecule has 0 radical (unpaired) electrons. The van der Waals surface area contributed by atoms with Gasteiger partial charge in [-0.05, 0) is 38.8 Å². The first-order valence-corrected chi connectivity index (χ1v) is 5.42. The standard InChI is InChI=1S/C11H19N3/c1-8-4-5-12-7-11(8)14-10(3)6-9(2)13-14/h6,8,11-12H,4-5,7H2,1-3H3. The van der Waals surface area contributed by atoms with Crippen molar-refractivity contribution in [2.24, 2.45) is 5.92 Å². The molecule has 2 rings (SSSR count). The second kappa shape index (κ2) is 3.73. The molecule has 1 aromatic heterocycles. The molecule has 0 aromatic carbocycles. The van der Waals surface area contributed by atoms with Crippen LogP contribution in [-0.2, 0) is 0 Å². The maximum Gasteiger partial charge on any atom is 0.0672 e. The van der Waals surface area contributed by atoms with E-state index < -0.39 is 0 Å². The van der Waals surface area contributed by atoms with Crippen molar-refractivity contribution >= 4 is 0 Å². The predicted molar refractivity (Wildman–Crippen MR) is 57.4 cm³/mol. The summed E-state index contributed by atoms with van der Waals surface area (Å²) in [6.45, 7) is 8.73. The van der Waals surface area contributed by atoms with Gasteiger partial charge in [0.25, 0.3) is 0 Å². The molecular weight excluding hydrogens is 174 g/mol. The van der Waals surface area contributed by atoms with Crippen LogP contribution >= 0.6 is 0 Å². The molecule has 0 saturated carbocycles. The van der Waals surface area contributed by atoms with Crippen molar-refractivity contribution in [3.05, 3.63) is 17.5 Å². The zero-order valence-corrected chi connectivity index (χ0v) is 9.25. The summed E-state index contributed by atoms with van der Waals surface area (Å²) in [5.41, 5.74) is 2.41. The molecule has 0 amide bonds. The van der Waals surface area contributed by atoms with Crippen LogP contribution < -0.4 is 5.32 Å². The summed E-state index contributed by atoms with van der Waals surface area (Å²) in [6, 6.07) is 2.69. The van der Waals surface area contributed by atoms with E-state index in [9.17, 15) is 0 Å². The van der Waals surface area contributed by atoms with Crippen LogP contribution in [0.1, 0.15) is 30.8 Å². The molecule has 1 aliphatic rings. The lowest BCUT2D eigenvalue weighted by Crippen LogP contribution is -2.37. The zero-order valence-electron chi connectivity index (χ0n) is 9.25. The van der Waals surface area contributed by atoms with Gasteiger partial charge in [-0.15, -0.1) is 0 Å². The average molecular weight is 193 g/mol. The van der Waals surface area contributed by atoms with Crippen molar-refractivity contribution in [3.8, 4) is 0 Å². The molecule has 2 heterocycles. The topological polar surface area (TPSA) is 29.9 Å². The highest BCUT2D eigenvalue weighted by atomic mass is 15.3. The van der Waals surface area contributed by atoms with E-state index in [1.165, 1.54) is 12.1 Å². The van der Waals surface area contributed by atoms with Crippen molar-refractivity contribution in [1.29, 1.82) is 0 Å². The molecular formula is C11H19N3. The largest absolute Gasteiger partial charge is 0.315 e. The third-order valence-electron chi connectivity index (χ3n) is 3.15. The summed E-state index contributed by atoms with van der Waals surface area (Å²) in [5.74, 6) is 0.731. The minimum Gasteiger partial charge on any atom is -0.315 e. The number of hydrogen-bond donors (Lipinski definition) is 1. The minimum absolute atomic E-state index is 0.539. The Bertz CT molecular complexity index is 316. The van der Waals surface area contributed by atoms with E-state index in [4.69, 9.17) is 0 Å². The van der Waals surface area contributed by atoms with Gasteiger partial charge in [-0.1, -0.05) is 6.92 Å². The molecule has 0 aliphatic carbocycles. The number of hydrogen-bond acceptors (Lipinski definition) is 2. The lowest BCUT2D eigenvalue weighted by Gasteiger charge is -2.30. The van der Waals surface area contributed by atoms with Crippen molar-refractivity contribution in [2.75, 3.05) is 13.1 Å². The highest BCUT2D eigenvalue weighted by Gasteiger charge is 2.24. The second-order valence-corrected chi connectivity index (χ2v) is 4.41. The SMILES string of the molecule is Cc1cc(C)n(C2CNCCC2C)n1. The van der Waals surface area contributed by atoms with E-state index >= 15 is 0 Å². The Balaban J connectivity index is 2.24. The average Bonchev–Trinajstić information content (AvgIpc) is 2.46. The first-order chi connectivity index (χ1) is 6.68. The molecule has 1 aromatic rings. The molecule has 2 unspecified atom stereocenters. The van der Waals surface area contributed by atoms with Crippen molar-refractivity contribution in [3.63, 3.8) is 0 Å². The van der Waals surface area contributed by atoms with Gasteiger partial charge in [0.05, 0.1) is 11.7 Å². The predicted octanol–water partition coefficient (Wildman–Crippen LogP) is 1.67. The fourth-order valence-electron chi connectivity index (χ4n) is 2.28. The van der Waals surface area contributed by atoms with Crippen LogP contribution in [0.5, 0.6) is 0 Å². The van der Waals surface area contributed by atoms with Crippen LogP contribution in [0, 0.1) is 19.8 Å². The lowest BCUT2D eigenvalue weighted by atomic mass is 9.95. The second-order valence-electron chi connectivity index (χ2n) is 4.41. The highest BCUT2D eigenvalue weighted by Crippen LogP contribution is 2.24. The molecule has 0 spiro atoms. The number of aromatic nitrogens is 2. The van der Waals surface area contributed by atoms with E-state index in [1.54, 1.807) is 0 Å². The number of nitrogens with one attached hydrogen (secondary N) is 1. The summed E-state index contributed by atoms with van der Waals surface area (Å²) in [5, 5.41) is 8.00. The van der Waals surface area contributed by atoms with Gasteiger partial charge in [0.15, 0.2) is 0 Å². The molecule has 1 saturated heterocycles. The molecule has 0 bridgehead atoms. The van der Waals surface area contributed by atoms with Crippen molar-refractivity contribution < 1.29 is 0 Å². The van der Waals surface area contributed by atoms with Gasteiger partial charge in [0, 0.05) is 12.2 Å². The molecule has 3 nitrogen and oxygen atoms in total. The maximum atomic E-state index is 4.56. The van der Waals surface area contributed by atoms with E-state index in [0.717, 1.165) is 24.7 Å². The third-order valence-corrected chi connectivity index (χ3v) is 3.15. The van der Waals surface area contributed by atoms with Gasteiger partial charge in [-0.25, -0.2) is 0 Å². The molecule has 78 valence electrons. The lowest BCUT2D eigenvalue weighted by molar-refractivity contribution is 0.253. The monoisotopic (exact) mass is 193 g/mol. The van der Waals surface area contributed by atoms with Crippen LogP contribution in [-0.4, -0.2) is 22.9 Å². The number of rotatable bonds is 1. The Morgan fingerprint density at radius 3 is 2.86 bits per heavy atom. The summed E-state index contributed by atoms with van der Waals surface area (Å²) >= 11 is 0. The fraction of sp³-hybridized carbons (Fsp3) is 0.727. The minimum atomic E-state index is 0.539. The van der Waals surface area contributed by atoms with E-state index in [0.29, 0.717) is 6.04 Å². The maximum absolute atomic E-state index is 4.56. The summed E-state index contributed by atoms with van der Waals surface area (Å²) in [7, 11) is 0. The summed E-state index contributed by atoms with van der Waals surface area (Å²) in [6.07, 6.45) is 1.25. The van der Waals surface area contributed by atoms with Crippen LogP contribution in [0.3, 0.4) is 0 Å². The van der Waals surface area contributed by atoms with Crippen LogP contribution in [0.2, 0.25) is 0 Å². The van der Waals surface area contributed by atoms with Crippen molar-refractivity contribution in [2.45, 2.75) is 33.2 Å².